The lowest BCUT2D eigenvalue weighted by Gasteiger charge is -2.39. The molecule has 1 aliphatic rings. The molecule has 3 aromatic rings. The Labute approximate surface area is 168 Å². The van der Waals surface area contributed by atoms with Crippen molar-refractivity contribution in [1.82, 2.24) is 25.0 Å². The average molecular weight is 392 g/mol. The number of carbonyl (C=O) groups is 2. The molecule has 3 N–H and O–H groups in total. The summed E-state index contributed by atoms with van der Waals surface area (Å²) in [6, 6.07) is 8.90. The number of anilines is 1. The molecule has 1 fully saturated rings. The first-order chi connectivity index (χ1) is 14.0. The average Bonchev–Trinajstić information content (AvgIpc) is 3.11. The smallest absolute Gasteiger partial charge is 0.254 e. The molecule has 2 aromatic heterocycles. The van der Waals surface area contributed by atoms with Gasteiger partial charge in [-0.1, -0.05) is 25.5 Å². The molecule has 4 rings (SSSR count). The molecule has 8 heteroatoms. The molecule has 3 heterocycles. The highest BCUT2D eigenvalue weighted by Crippen LogP contribution is 2.26. The molecule has 1 unspecified atom stereocenters. The van der Waals surface area contributed by atoms with Crippen LogP contribution >= 0.6 is 0 Å². The number of likely N-dealkylation sites (N-methyl/N-ethyl adjacent to an activating group) is 1. The van der Waals surface area contributed by atoms with E-state index >= 15 is 0 Å². The molecule has 1 aromatic carbocycles. The first-order valence-corrected chi connectivity index (χ1v) is 9.75. The SMILES string of the molecule is CCCC1C(=O)N(C)CCN1C(=O)c1cccc(-c2cnc3n[nH]c(N)c3c2)c1. The summed E-state index contributed by atoms with van der Waals surface area (Å²) in [5.41, 5.74) is 8.73. The summed E-state index contributed by atoms with van der Waals surface area (Å²) in [6.07, 6.45) is 3.21. The number of aromatic amines is 1. The van der Waals surface area contributed by atoms with Crippen molar-refractivity contribution < 1.29 is 9.59 Å². The van der Waals surface area contributed by atoms with Crippen LogP contribution in [0.1, 0.15) is 30.1 Å². The molecule has 0 saturated carbocycles. The van der Waals surface area contributed by atoms with Gasteiger partial charge in [0.05, 0.1) is 5.39 Å². The Morgan fingerprint density at radius 2 is 2.10 bits per heavy atom. The predicted molar refractivity (Wildman–Crippen MR) is 111 cm³/mol. The zero-order valence-corrected chi connectivity index (χ0v) is 16.6. The molecule has 0 bridgehead atoms. The highest BCUT2D eigenvalue weighted by atomic mass is 16.2. The maximum Gasteiger partial charge on any atom is 0.254 e. The summed E-state index contributed by atoms with van der Waals surface area (Å²) in [7, 11) is 1.79. The first kappa shape index (κ1) is 18.9. The van der Waals surface area contributed by atoms with Gasteiger partial charge in [-0.25, -0.2) is 4.98 Å². The summed E-state index contributed by atoms with van der Waals surface area (Å²) in [4.78, 5) is 33.6. The molecule has 1 atom stereocenters. The Balaban J connectivity index is 1.66. The molecule has 0 radical (unpaired) electrons. The number of benzene rings is 1. The second-order valence-electron chi connectivity index (χ2n) is 7.38. The van der Waals surface area contributed by atoms with Crippen LogP contribution < -0.4 is 5.73 Å². The van der Waals surface area contributed by atoms with Crippen molar-refractivity contribution in [3.8, 4) is 11.1 Å². The van der Waals surface area contributed by atoms with Crippen molar-refractivity contribution in [2.45, 2.75) is 25.8 Å². The van der Waals surface area contributed by atoms with Crippen LogP contribution in [0.3, 0.4) is 0 Å². The number of pyridine rings is 1. The van der Waals surface area contributed by atoms with Crippen molar-refractivity contribution >= 4 is 28.7 Å². The molecule has 2 amide bonds. The quantitative estimate of drug-likeness (QED) is 0.708. The Kier molecular flexibility index (Phi) is 4.92. The molecule has 1 saturated heterocycles. The third-order valence-corrected chi connectivity index (χ3v) is 5.42. The number of nitrogens with zero attached hydrogens (tertiary/aromatic N) is 4. The van der Waals surface area contributed by atoms with Crippen LogP contribution in [0, 0.1) is 0 Å². The Morgan fingerprint density at radius 3 is 2.90 bits per heavy atom. The normalized spacial score (nSPS) is 17.2. The van der Waals surface area contributed by atoms with Crippen LogP contribution in [0.25, 0.3) is 22.2 Å². The van der Waals surface area contributed by atoms with E-state index in [0.717, 1.165) is 22.9 Å². The number of nitrogens with one attached hydrogen (secondary N) is 1. The van der Waals surface area contributed by atoms with E-state index in [0.29, 0.717) is 36.5 Å². The maximum absolute atomic E-state index is 13.3. The van der Waals surface area contributed by atoms with Gasteiger partial charge in [-0.05, 0) is 30.2 Å². The lowest BCUT2D eigenvalue weighted by atomic mass is 10.0. The number of carbonyl (C=O) groups excluding carboxylic acids is 2. The van der Waals surface area contributed by atoms with E-state index < -0.39 is 6.04 Å². The van der Waals surface area contributed by atoms with Crippen molar-refractivity contribution in [2.75, 3.05) is 25.9 Å². The van der Waals surface area contributed by atoms with Gasteiger partial charge in [0, 0.05) is 37.5 Å². The minimum atomic E-state index is -0.404. The largest absolute Gasteiger partial charge is 0.384 e. The van der Waals surface area contributed by atoms with Crippen LogP contribution in [-0.2, 0) is 4.79 Å². The van der Waals surface area contributed by atoms with Gasteiger partial charge < -0.3 is 15.5 Å². The summed E-state index contributed by atoms with van der Waals surface area (Å²) < 4.78 is 0. The Hall–Kier alpha value is -3.42. The van der Waals surface area contributed by atoms with E-state index in [-0.39, 0.29) is 11.8 Å². The number of nitrogen functional groups attached to an aromatic ring is 1. The minimum absolute atomic E-state index is 0.00712. The van der Waals surface area contributed by atoms with Gasteiger partial charge in [0.15, 0.2) is 5.65 Å². The van der Waals surface area contributed by atoms with Gasteiger partial charge in [-0.15, -0.1) is 0 Å². The first-order valence-electron chi connectivity index (χ1n) is 9.75. The van der Waals surface area contributed by atoms with Crippen LogP contribution in [0.4, 0.5) is 5.82 Å². The van der Waals surface area contributed by atoms with Gasteiger partial charge in [0.1, 0.15) is 11.9 Å². The second-order valence-corrected chi connectivity index (χ2v) is 7.38. The van der Waals surface area contributed by atoms with Crippen molar-refractivity contribution in [3.63, 3.8) is 0 Å². The van der Waals surface area contributed by atoms with E-state index in [2.05, 4.69) is 15.2 Å². The number of H-pyrrole nitrogens is 1. The third-order valence-electron chi connectivity index (χ3n) is 5.42. The van der Waals surface area contributed by atoms with Crippen LogP contribution in [0.15, 0.2) is 36.5 Å². The molecular weight excluding hydrogens is 368 g/mol. The molecule has 150 valence electrons. The number of piperazine rings is 1. The van der Waals surface area contributed by atoms with E-state index in [1.54, 1.807) is 29.1 Å². The summed E-state index contributed by atoms with van der Waals surface area (Å²) in [6.45, 7) is 3.11. The summed E-state index contributed by atoms with van der Waals surface area (Å²) in [5, 5.41) is 7.50. The molecule has 8 nitrogen and oxygen atoms in total. The van der Waals surface area contributed by atoms with Gasteiger partial charge in [-0.2, -0.15) is 5.10 Å². The number of nitrogens with two attached hydrogens (primary N) is 1. The fraction of sp³-hybridized carbons (Fsp3) is 0.333. The second kappa shape index (κ2) is 7.54. The number of hydrogen-bond acceptors (Lipinski definition) is 5. The number of amides is 2. The Morgan fingerprint density at radius 1 is 1.28 bits per heavy atom. The molecule has 0 spiro atoms. The van der Waals surface area contributed by atoms with Gasteiger partial charge in [-0.3, -0.25) is 14.7 Å². The van der Waals surface area contributed by atoms with Crippen LogP contribution in [0.5, 0.6) is 0 Å². The summed E-state index contributed by atoms with van der Waals surface area (Å²) in [5.74, 6) is 0.344. The molecule has 29 heavy (non-hydrogen) atoms. The topological polar surface area (TPSA) is 108 Å². The highest BCUT2D eigenvalue weighted by Gasteiger charge is 2.35. The van der Waals surface area contributed by atoms with Crippen LogP contribution in [0.2, 0.25) is 0 Å². The van der Waals surface area contributed by atoms with E-state index in [1.165, 1.54) is 0 Å². The monoisotopic (exact) mass is 392 g/mol. The maximum atomic E-state index is 13.3. The van der Waals surface area contributed by atoms with E-state index in [4.69, 9.17) is 5.73 Å². The minimum Gasteiger partial charge on any atom is -0.384 e. The van der Waals surface area contributed by atoms with Crippen molar-refractivity contribution in [2.24, 2.45) is 0 Å². The number of hydrogen-bond donors (Lipinski definition) is 2. The van der Waals surface area contributed by atoms with E-state index in [9.17, 15) is 9.59 Å². The fourth-order valence-corrected chi connectivity index (χ4v) is 3.78. The van der Waals surface area contributed by atoms with Crippen molar-refractivity contribution in [1.29, 1.82) is 0 Å². The summed E-state index contributed by atoms with van der Waals surface area (Å²) >= 11 is 0. The molecular formula is C21H24N6O2. The molecule has 0 aliphatic carbocycles. The molecule has 1 aliphatic heterocycles. The highest BCUT2D eigenvalue weighted by molar-refractivity contribution is 5.99. The number of aromatic nitrogens is 3. The number of rotatable bonds is 4. The van der Waals surface area contributed by atoms with Gasteiger partial charge in [0.25, 0.3) is 5.91 Å². The lowest BCUT2D eigenvalue weighted by molar-refractivity contribution is -0.138. The lowest BCUT2D eigenvalue weighted by Crippen LogP contribution is -2.57. The van der Waals surface area contributed by atoms with Crippen LogP contribution in [-0.4, -0.2) is 63.0 Å². The Bertz CT molecular complexity index is 1080. The van der Waals surface area contributed by atoms with E-state index in [1.807, 2.05) is 31.2 Å². The standard InChI is InChI=1S/C21H24N6O2/c1-3-5-17-21(29)26(2)8-9-27(17)20(28)14-7-4-6-13(10-14)15-11-16-18(22)24-25-19(16)23-12-15/h4,6-7,10-12,17H,3,5,8-9H2,1-2H3,(H3,22,23,24,25). The van der Waals surface area contributed by atoms with Crippen molar-refractivity contribution in [3.05, 3.63) is 42.1 Å². The zero-order valence-electron chi connectivity index (χ0n) is 16.6. The zero-order chi connectivity index (χ0) is 20.5. The van der Waals surface area contributed by atoms with Gasteiger partial charge >= 0.3 is 0 Å². The number of fused-ring (bicyclic) bond motifs is 1. The third kappa shape index (κ3) is 3.41. The fourth-order valence-electron chi connectivity index (χ4n) is 3.78. The van der Waals surface area contributed by atoms with Gasteiger partial charge in [0.2, 0.25) is 5.91 Å². The predicted octanol–water partition coefficient (Wildman–Crippen LogP) is 2.29.